The molecule has 3 saturated heterocycles. The third-order valence-corrected chi connectivity index (χ3v) is 7.87. The van der Waals surface area contributed by atoms with Crippen LogP contribution in [0.4, 0.5) is 0 Å². The van der Waals surface area contributed by atoms with Gasteiger partial charge in [-0.1, -0.05) is 78.9 Å². The van der Waals surface area contributed by atoms with E-state index in [9.17, 15) is 4.79 Å². The number of rotatable bonds is 10. The molecule has 4 heteroatoms. The second-order valence-electron chi connectivity index (χ2n) is 10.2. The molecule has 3 aliphatic heterocycles. The third kappa shape index (κ3) is 5.94. The van der Waals surface area contributed by atoms with E-state index in [1.54, 1.807) is 0 Å². The first kappa shape index (κ1) is 23.6. The minimum atomic E-state index is -0.276. The number of nitrogens with zero attached hydrogens (tertiary/aromatic N) is 1. The van der Waals surface area contributed by atoms with Gasteiger partial charge in [0.15, 0.2) is 6.10 Å². The number of fused-ring (bicyclic) bond motifs is 3. The SMILES string of the molecule is O=C(O[C@H]1C[N+]2(CCCOc3ccccc3)CCC1CC2)C(Cc1ccccc1)c1ccccc1. The third-order valence-electron chi connectivity index (χ3n) is 7.87. The molecule has 0 aliphatic carbocycles. The van der Waals surface area contributed by atoms with Crippen molar-refractivity contribution in [3.63, 3.8) is 0 Å². The minimum absolute atomic E-state index is 0.0158. The normalized spacial score (nSPS) is 24.0. The van der Waals surface area contributed by atoms with E-state index < -0.39 is 0 Å². The maximum Gasteiger partial charge on any atom is 0.314 e. The molecular weight excluding hydrogens is 434 g/mol. The summed E-state index contributed by atoms with van der Waals surface area (Å²) in [5.74, 6) is 1.07. The standard InChI is InChI=1S/C31H36NO3/c33-31(29(26-13-6-2-7-14-26)23-25-11-4-1-5-12-25)35-30-24-32(20-17-27(30)18-21-32)19-10-22-34-28-15-8-3-9-16-28/h1-9,11-16,27,29-30H,10,17-24H2/q+1/t27?,29?,30-,32?/m0/s1. The van der Waals surface area contributed by atoms with Gasteiger partial charge in [-0.3, -0.25) is 4.79 Å². The summed E-state index contributed by atoms with van der Waals surface area (Å²) in [6, 6.07) is 30.4. The average Bonchev–Trinajstić information content (AvgIpc) is 2.92. The number of ether oxygens (including phenoxy) is 2. The number of quaternary nitrogens is 1. The van der Waals surface area contributed by atoms with Crippen LogP contribution in [0.25, 0.3) is 0 Å². The predicted octanol–water partition coefficient (Wildman–Crippen LogP) is 5.63. The molecule has 3 aliphatic rings. The molecule has 3 fully saturated rings. The molecule has 0 aromatic heterocycles. The van der Waals surface area contributed by atoms with Gasteiger partial charge in [0.1, 0.15) is 12.3 Å². The topological polar surface area (TPSA) is 35.5 Å². The fourth-order valence-electron chi connectivity index (χ4n) is 5.88. The molecule has 0 saturated carbocycles. The molecule has 0 radical (unpaired) electrons. The highest BCUT2D eigenvalue weighted by atomic mass is 16.5. The Morgan fingerprint density at radius 3 is 2.17 bits per heavy atom. The van der Waals surface area contributed by atoms with E-state index in [0.29, 0.717) is 12.3 Å². The van der Waals surface area contributed by atoms with Crippen molar-refractivity contribution >= 4 is 5.97 Å². The zero-order valence-electron chi connectivity index (χ0n) is 20.4. The zero-order valence-corrected chi connectivity index (χ0v) is 20.4. The summed E-state index contributed by atoms with van der Waals surface area (Å²) in [7, 11) is 0. The smallest absolute Gasteiger partial charge is 0.314 e. The van der Waals surface area contributed by atoms with Gasteiger partial charge in [-0.05, 0) is 29.7 Å². The van der Waals surface area contributed by atoms with Gasteiger partial charge in [-0.15, -0.1) is 0 Å². The van der Waals surface area contributed by atoms with Crippen molar-refractivity contribution in [2.24, 2.45) is 5.92 Å². The van der Waals surface area contributed by atoms with Crippen LogP contribution >= 0.6 is 0 Å². The van der Waals surface area contributed by atoms with Gasteiger partial charge >= 0.3 is 5.97 Å². The highest BCUT2D eigenvalue weighted by Crippen LogP contribution is 2.37. The van der Waals surface area contributed by atoms with Gasteiger partial charge < -0.3 is 14.0 Å². The Morgan fingerprint density at radius 1 is 0.857 bits per heavy atom. The molecule has 3 heterocycles. The van der Waals surface area contributed by atoms with Crippen LogP contribution in [0.1, 0.15) is 36.3 Å². The number of carbonyl (C=O) groups is 1. The van der Waals surface area contributed by atoms with Crippen LogP contribution in [-0.4, -0.2) is 49.3 Å². The molecule has 4 nitrogen and oxygen atoms in total. The lowest BCUT2D eigenvalue weighted by Crippen LogP contribution is -2.64. The van der Waals surface area contributed by atoms with E-state index in [4.69, 9.17) is 9.47 Å². The number of benzene rings is 3. The minimum Gasteiger partial charge on any atom is -0.493 e. The van der Waals surface area contributed by atoms with E-state index in [1.165, 1.54) is 13.1 Å². The van der Waals surface area contributed by atoms with Crippen molar-refractivity contribution in [1.82, 2.24) is 0 Å². The van der Waals surface area contributed by atoms with Gasteiger partial charge in [0.05, 0.1) is 32.2 Å². The highest BCUT2D eigenvalue weighted by molar-refractivity contribution is 5.78. The van der Waals surface area contributed by atoms with Crippen molar-refractivity contribution in [1.29, 1.82) is 0 Å². The lowest BCUT2D eigenvalue weighted by molar-refractivity contribution is -0.946. The second kappa shape index (κ2) is 11.1. The van der Waals surface area contributed by atoms with Gasteiger partial charge in [-0.25, -0.2) is 0 Å². The van der Waals surface area contributed by atoms with Gasteiger partial charge in [0, 0.05) is 25.2 Å². The van der Waals surface area contributed by atoms with Crippen LogP contribution < -0.4 is 4.74 Å². The van der Waals surface area contributed by atoms with E-state index in [-0.39, 0.29) is 18.0 Å². The highest BCUT2D eigenvalue weighted by Gasteiger charge is 2.47. The number of carbonyl (C=O) groups excluding carboxylic acids is 1. The number of hydrogen-bond acceptors (Lipinski definition) is 3. The van der Waals surface area contributed by atoms with Crippen molar-refractivity contribution in [3.05, 3.63) is 102 Å². The van der Waals surface area contributed by atoms with Crippen LogP contribution in [0.5, 0.6) is 5.75 Å². The quantitative estimate of drug-likeness (QED) is 0.219. The maximum absolute atomic E-state index is 13.6. The van der Waals surface area contributed by atoms with Crippen molar-refractivity contribution in [3.8, 4) is 5.75 Å². The number of esters is 1. The molecule has 1 unspecified atom stereocenters. The van der Waals surface area contributed by atoms with Gasteiger partial charge in [0.2, 0.25) is 0 Å². The summed E-state index contributed by atoms with van der Waals surface area (Å²) in [5.41, 5.74) is 2.19. The molecule has 35 heavy (non-hydrogen) atoms. The predicted molar refractivity (Wildman–Crippen MR) is 138 cm³/mol. The van der Waals surface area contributed by atoms with Crippen LogP contribution in [0.3, 0.4) is 0 Å². The Balaban J connectivity index is 1.21. The Bertz CT molecular complexity index is 1060. The van der Waals surface area contributed by atoms with Crippen molar-refractivity contribution < 1.29 is 18.8 Å². The molecule has 2 atom stereocenters. The first-order valence-corrected chi connectivity index (χ1v) is 13.0. The molecular formula is C31H36NO3+. The molecule has 0 N–H and O–H groups in total. The molecule has 0 amide bonds. The molecule has 3 aromatic carbocycles. The average molecular weight is 471 g/mol. The van der Waals surface area contributed by atoms with E-state index in [2.05, 4.69) is 12.1 Å². The number of hydrogen-bond donors (Lipinski definition) is 0. The van der Waals surface area contributed by atoms with Crippen molar-refractivity contribution in [2.45, 2.75) is 37.7 Å². The second-order valence-corrected chi connectivity index (χ2v) is 10.2. The van der Waals surface area contributed by atoms with Crippen molar-refractivity contribution in [2.75, 3.05) is 32.8 Å². The summed E-state index contributed by atoms with van der Waals surface area (Å²) < 4.78 is 13.3. The molecule has 2 bridgehead atoms. The fraction of sp³-hybridized carbons (Fsp3) is 0.387. The summed E-state index contributed by atoms with van der Waals surface area (Å²) in [6.45, 7) is 5.13. The van der Waals surface area contributed by atoms with E-state index >= 15 is 0 Å². The monoisotopic (exact) mass is 470 g/mol. The van der Waals surface area contributed by atoms with Gasteiger partial charge in [0.25, 0.3) is 0 Å². The lowest BCUT2D eigenvalue weighted by atomic mass is 9.83. The summed E-state index contributed by atoms with van der Waals surface area (Å²) in [5, 5.41) is 0. The number of piperidine rings is 3. The van der Waals surface area contributed by atoms with Crippen LogP contribution in [0.15, 0.2) is 91.0 Å². The van der Waals surface area contributed by atoms with E-state index in [1.807, 2.05) is 78.9 Å². The van der Waals surface area contributed by atoms with Crippen LogP contribution in [0.2, 0.25) is 0 Å². The summed E-state index contributed by atoms with van der Waals surface area (Å²) in [6.07, 6.45) is 3.99. The summed E-state index contributed by atoms with van der Waals surface area (Å²) >= 11 is 0. The van der Waals surface area contributed by atoms with Gasteiger partial charge in [-0.2, -0.15) is 0 Å². The van der Waals surface area contributed by atoms with E-state index in [0.717, 1.165) is 60.3 Å². The van der Waals surface area contributed by atoms with Crippen LogP contribution in [-0.2, 0) is 16.0 Å². The Hall–Kier alpha value is -3.11. The molecule has 3 aromatic rings. The first-order chi connectivity index (χ1) is 17.2. The summed E-state index contributed by atoms with van der Waals surface area (Å²) in [4.78, 5) is 13.6. The largest absolute Gasteiger partial charge is 0.493 e. The Kier molecular flexibility index (Phi) is 7.48. The number of para-hydroxylation sites is 1. The Labute approximate surface area is 209 Å². The molecule has 6 rings (SSSR count). The fourth-order valence-corrected chi connectivity index (χ4v) is 5.88. The molecule has 0 spiro atoms. The zero-order chi connectivity index (χ0) is 23.9. The molecule has 182 valence electrons. The Morgan fingerprint density at radius 2 is 1.49 bits per heavy atom. The lowest BCUT2D eigenvalue weighted by Gasteiger charge is -2.52. The first-order valence-electron chi connectivity index (χ1n) is 13.0. The maximum atomic E-state index is 13.6. The van der Waals surface area contributed by atoms with Crippen LogP contribution in [0, 0.1) is 5.92 Å².